The Labute approximate surface area is 135 Å². The number of nitrogens with zero attached hydrogens (tertiary/aromatic N) is 2. The Kier molecular flexibility index (Phi) is 3.45. The first-order valence-corrected chi connectivity index (χ1v) is 8.06. The van der Waals surface area contributed by atoms with Crippen LogP contribution in [0.2, 0.25) is 0 Å². The Bertz CT molecular complexity index is 748. The van der Waals surface area contributed by atoms with Gasteiger partial charge in [-0.3, -0.25) is 0 Å². The molecular formula is C18H20N2O3. The maximum Gasteiger partial charge on any atom is 0.337 e. The number of pyridine rings is 1. The van der Waals surface area contributed by atoms with Gasteiger partial charge in [0.2, 0.25) is 0 Å². The van der Waals surface area contributed by atoms with Crippen molar-refractivity contribution in [1.29, 1.82) is 0 Å². The second-order valence-electron chi connectivity index (χ2n) is 6.35. The van der Waals surface area contributed by atoms with Gasteiger partial charge in [-0.1, -0.05) is 0 Å². The molecule has 0 N–H and O–H groups in total. The molecular weight excluding hydrogens is 292 g/mol. The van der Waals surface area contributed by atoms with Gasteiger partial charge in [0.15, 0.2) is 0 Å². The summed E-state index contributed by atoms with van der Waals surface area (Å²) in [4.78, 5) is 18.9. The van der Waals surface area contributed by atoms with E-state index in [2.05, 4.69) is 11.0 Å². The van der Waals surface area contributed by atoms with Gasteiger partial charge >= 0.3 is 5.97 Å². The maximum atomic E-state index is 11.6. The van der Waals surface area contributed by atoms with Crippen molar-refractivity contribution in [2.75, 3.05) is 31.8 Å². The van der Waals surface area contributed by atoms with E-state index in [-0.39, 0.29) is 11.5 Å². The summed E-state index contributed by atoms with van der Waals surface area (Å²) >= 11 is 0. The highest BCUT2D eigenvalue weighted by Crippen LogP contribution is 2.39. The third-order valence-electron chi connectivity index (χ3n) is 5.05. The molecule has 5 heteroatoms. The molecule has 0 saturated carbocycles. The van der Waals surface area contributed by atoms with Crippen LogP contribution in [0.1, 0.15) is 29.6 Å². The van der Waals surface area contributed by atoms with Crippen molar-refractivity contribution in [2.24, 2.45) is 0 Å². The Morgan fingerprint density at radius 1 is 1.30 bits per heavy atom. The van der Waals surface area contributed by atoms with E-state index < -0.39 is 0 Å². The molecule has 1 aromatic carbocycles. The number of rotatable bonds is 2. The summed E-state index contributed by atoms with van der Waals surface area (Å²) in [6.07, 6.45) is 3.44. The van der Waals surface area contributed by atoms with Gasteiger partial charge in [-0.25, -0.2) is 9.78 Å². The lowest BCUT2D eigenvalue weighted by atomic mass is 9.95. The molecule has 0 radical (unpaired) electrons. The topological polar surface area (TPSA) is 51.7 Å². The van der Waals surface area contributed by atoms with Crippen molar-refractivity contribution < 1.29 is 14.3 Å². The molecule has 120 valence electrons. The van der Waals surface area contributed by atoms with E-state index in [0.717, 1.165) is 42.9 Å². The van der Waals surface area contributed by atoms with Gasteiger partial charge in [-0.05, 0) is 49.6 Å². The largest absolute Gasteiger partial charge is 0.465 e. The summed E-state index contributed by atoms with van der Waals surface area (Å²) in [6, 6.07) is 9.57. The second-order valence-corrected chi connectivity index (χ2v) is 6.35. The number of carbonyl (C=O) groups is 1. The lowest BCUT2D eigenvalue weighted by Crippen LogP contribution is -2.45. The monoisotopic (exact) mass is 312 g/mol. The number of benzene rings is 1. The smallest absolute Gasteiger partial charge is 0.337 e. The fourth-order valence-electron chi connectivity index (χ4n) is 3.81. The Hall–Kier alpha value is -2.14. The van der Waals surface area contributed by atoms with Crippen LogP contribution < -0.4 is 4.90 Å². The minimum Gasteiger partial charge on any atom is -0.465 e. The zero-order chi connectivity index (χ0) is 15.9. The number of fused-ring (bicyclic) bond motifs is 1. The zero-order valence-electron chi connectivity index (χ0n) is 13.2. The Balaban J connectivity index is 1.70. The van der Waals surface area contributed by atoms with Crippen LogP contribution in [0.15, 0.2) is 30.3 Å². The van der Waals surface area contributed by atoms with Crippen molar-refractivity contribution in [1.82, 2.24) is 4.98 Å². The van der Waals surface area contributed by atoms with E-state index in [1.165, 1.54) is 20.0 Å². The van der Waals surface area contributed by atoms with E-state index in [4.69, 9.17) is 14.5 Å². The molecule has 2 aromatic rings. The second kappa shape index (κ2) is 5.49. The first-order valence-electron chi connectivity index (χ1n) is 8.06. The maximum absolute atomic E-state index is 11.6. The summed E-state index contributed by atoms with van der Waals surface area (Å²) in [5.41, 5.74) is 1.58. The van der Waals surface area contributed by atoms with Gasteiger partial charge in [0.25, 0.3) is 0 Å². The number of ether oxygens (including phenoxy) is 2. The fraction of sp³-hybridized carbons (Fsp3) is 0.444. The molecule has 2 fully saturated rings. The standard InChI is InChI=1S/C18H20N2O3/c1-22-17(21)14-3-5-15-13(11-14)4-6-16(19-15)20-9-2-7-18(20)8-10-23-12-18/h3-6,11H,2,7-10,12H2,1H3. The molecule has 4 rings (SSSR count). The Morgan fingerprint density at radius 3 is 3.00 bits per heavy atom. The number of carbonyl (C=O) groups excluding carboxylic acids is 1. The highest BCUT2D eigenvalue weighted by atomic mass is 16.5. The number of anilines is 1. The fourth-order valence-corrected chi connectivity index (χ4v) is 3.81. The van der Waals surface area contributed by atoms with Gasteiger partial charge in [0.05, 0.1) is 30.3 Å². The summed E-state index contributed by atoms with van der Waals surface area (Å²) in [6.45, 7) is 2.67. The average Bonchev–Trinajstić information content (AvgIpc) is 3.23. The lowest BCUT2D eigenvalue weighted by molar-refractivity contribution is 0.0601. The van der Waals surface area contributed by atoms with Crippen LogP contribution in [0.3, 0.4) is 0 Å². The lowest BCUT2D eigenvalue weighted by Gasteiger charge is -2.34. The molecule has 1 spiro atoms. The zero-order valence-corrected chi connectivity index (χ0v) is 13.2. The number of hydrogen-bond donors (Lipinski definition) is 0. The van der Waals surface area contributed by atoms with Crippen LogP contribution in [0.4, 0.5) is 5.82 Å². The van der Waals surface area contributed by atoms with Crippen molar-refractivity contribution in [3.63, 3.8) is 0 Å². The van der Waals surface area contributed by atoms with E-state index in [1.54, 1.807) is 6.07 Å². The number of methoxy groups -OCH3 is 1. The summed E-state index contributed by atoms with van der Waals surface area (Å²) in [5, 5.41) is 0.951. The predicted octanol–water partition coefficient (Wildman–Crippen LogP) is 2.78. The van der Waals surface area contributed by atoms with Crippen LogP contribution in [0.5, 0.6) is 0 Å². The van der Waals surface area contributed by atoms with Gasteiger partial charge in [-0.2, -0.15) is 0 Å². The molecule has 1 unspecified atom stereocenters. The van der Waals surface area contributed by atoms with E-state index in [9.17, 15) is 4.79 Å². The van der Waals surface area contributed by atoms with Crippen molar-refractivity contribution in [2.45, 2.75) is 24.8 Å². The van der Waals surface area contributed by atoms with Crippen LogP contribution in [0, 0.1) is 0 Å². The number of aromatic nitrogens is 1. The molecule has 23 heavy (non-hydrogen) atoms. The minimum atomic E-state index is -0.322. The highest BCUT2D eigenvalue weighted by molar-refractivity contribution is 5.94. The van der Waals surface area contributed by atoms with Crippen LogP contribution in [-0.2, 0) is 9.47 Å². The van der Waals surface area contributed by atoms with E-state index in [1.807, 2.05) is 18.2 Å². The molecule has 1 atom stereocenters. The molecule has 0 aliphatic carbocycles. The SMILES string of the molecule is COC(=O)c1ccc2nc(N3CCCC34CCOC4)ccc2c1. The normalized spacial score (nSPS) is 23.8. The number of hydrogen-bond acceptors (Lipinski definition) is 5. The minimum absolute atomic E-state index is 0.132. The van der Waals surface area contributed by atoms with Crippen molar-refractivity contribution >= 4 is 22.7 Å². The molecule has 5 nitrogen and oxygen atoms in total. The quantitative estimate of drug-likeness (QED) is 0.798. The molecule has 2 aliphatic heterocycles. The first-order chi connectivity index (χ1) is 11.2. The van der Waals surface area contributed by atoms with Crippen LogP contribution in [0.25, 0.3) is 10.9 Å². The van der Waals surface area contributed by atoms with Gasteiger partial charge in [0, 0.05) is 18.5 Å². The average molecular weight is 312 g/mol. The number of esters is 1. The molecule has 2 saturated heterocycles. The summed E-state index contributed by atoms with van der Waals surface area (Å²) in [5.74, 6) is 0.684. The molecule has 1 aromatic heterocycles. The van der Waals surface area contributed by atoms with E-state index >= 15 is 0 Å². The van der Waals surface area contributed by atoms with Gasteiger partial charge in [0.1, 0.15) is 5.82 Å². The first kappa shape index (κ1) is 14.5. The van der Waals surface area contributed by atoms with Crippen molar-refractivity contribution in [3.8, 4) is 0 Å². The molecule has 3 heterocycles. The summed E-state index contributed by atoms with van der Waals surface area (Å²) in [7, 11) is 1.39. The van der Waals surface area contributed by atoms with Crippen molar-refractivity contribution in [3.05, 3.63) is 35.9 Å². The Morgan fingerprint density at radius 2 is 2.22 bits per heavy atom. The van der Waals surface area contributed by atoms with E-state index in [0.29, 0.717) is 5.56 Å². The third kappa shape index (κ3) is 2.36. The predicted molar refractivity (Wildman–Crippen MR) is 87.8 cm³/mol. The third-order valence-corrected chi connectivity index (χ3v) is 5.05. The molecule has 2 aliphatic rings. The van der Waals surface area contributed by atoms with Gasteiger partial charge in [-0.15, -0.1) is 0 Å². The highest BCUT2D eigenvalue weighted by Gasteiger charge is 2.44. The summed E-state index contributed by atoms with van der Waals surface area (Å²) < 4.78 is 10.4. The van der Waals surface area contributed by atoms with Crippen LogP contribution >= 0.6 is 0 Å². The van der Waals surface area contributed by atoms with Gasteiger partial charge < -0.3 is 14.4 Å². The molecule has 0 amide bonds. The van der Waals surface area contributed by atoms with Crippen LogP contribution in [-0.4, -0.2) is 43.4 Å². The molecule has 0 bridgehead atoms.